The maximum Gasteiger partial charge on any atom is 0.416 e. The van der Waals surface area contributed by atoms with Gasteiger partial charge >= 0.3 is 6.18 Å². The van der Waals surface area contributed by atoms with Gasteiger partial charge in [0.25, 0.3) is 10.0 Å². The maximum absolute atomic E-state index is 13.3. The van der Waals surface area contributed by atoms with Crippen molar-refractivity contribution >= 4 is 21.6 Å². The largest absolute Gasteiger partial charge is 0.416 e. The summed E-state index contributed by atoms with van der Waals surface area (Å²) in [6.45, 7) is -0.591. The second-order valence-corrected chi connectivity index (χ2v) is 10.1. The normalized spacial score (nSPS) is 23.0. The number of anilines is 1. The van der Waals surface area contributed by atoms with E-state index in [9.17, 15) is 26.4 Å². The van der Waals surface area contributed by atoms with E-state index in [1.54, 1.807) is 6.07 Å². The van der Waals surface area contributed by atoms with Crippen molar-refractivity contribution in [2.75, 3.05) is 10.8 Å². The number of alkyl halides is 3. The highest BCUT2D eigenvalue weighted by Crippen LogP contribution is 2.44. The number of fused-ring (bicyclic) bond motifs is 2. The van der Waals surface area contributed by atoms with Gasteiger partial charge < -0.3 is 5.32 Å². The zero-order valence-corrected chi connectivity index (χ0v) is 17.5. The van der Waals surface area contributed by atoms with Gasteiger partial charge in [0.05, 0.1) is 16.1 Å². The van der Waals surface area contributed by atoms with Crippen LogP contribution in [0.1, 0.15) is 31.2 Å². The van der Waals surface area contributed by atoms with E-state index in [4.69, 9.17) is 0 Å². The number of rotatable bonds is 6. The molecule has 2 aromatic carbocycles. The Morgan fingerprint density at radius 3 is 2.39 bits per heavy atom. The van der Waals surface area contributed by atoms with E-state index in [1.165, 1.54) is 30.3 Å². The van der Waals surface area contributed by atoms with Crippen LogP contribution >= 0.6 is 0 Å². The molecule has 2 bridgehead atoms. The summed E-state index contributed by atoms with van der Waals surface area (Å²) < 4.78 is 66.9. The molecule has 2 saturated carbocycles. The first-order valence-electron chi connectivity index (χ1n) is 10.2. The summed E-state index contributed by atoms with van der Waals surface area (Å²) in [6.07, 6.45) is -0.523. The maximum atomic E-state index is 13.3. The number of halogens is 3. The van der Waals surface area contributed by atoms with E-state index in [0.29, 0.717) is 11.8 Å². The monoisotopic (exact) mass is 452 g/mol. The lowest BCUT2D eigenvalue weighted by Gasteiger charge is -2.27. The molecule has 0 heterocycles. The van der Waals surface area contributed by atoms with Crippen LogP contribution < -0.4 is 9.62 Å². The fourth-order valence-corrected chi connectivity index (χ4v) is 6.11. The Kier molecular flexibility index (Phi) is 5.72. The summed E-state index contributed by atoms with van der Waals surface area (Å²) in [7, 11) is -4.25. The second kappa shape index (κ2) is 8.18. The lowest BCUT2D eigenvalue weighted by atomic mass is 9.95. The minimum atomic E-state index is -4.64. The van der Waals surface area contributed by atoms with Crippen LogP contribution in [-0.4, -0.2) is 26.9 Å². The van der Waals surface area contributed by atoms with E-state index in [1.807, 2.05) is 0 Å². The molecule has 2 aliphatic rings. The van der Waals surface area contributed by atoms with Crippen LogP contribution in [0.3, 0.4) is 0 Å². The number of carbonyl (C=O) groups is 1. The van der Waals surface area contributed by atoms with Crippen LogP contribution in [0, 0.1) is 11.8 Å². The van der Waals surface area contributed by atoms with Gasteiger partial charge in [0.2, 0.25) is 5.91 Å². The van der Waals surface area contributed by atoms with E-state index in [-0.39, 0.29) is 16.6 Å². The highest BCUT2D eigenvalue weighted by molar-refractivity contribution is 7.92. The number of nitrogens with zero attached hydrogens (tertiary/aromatic N) is 1. The topological polar surface area (TPSA) is 66.5 Å². The molecule has 0 unspecified atom stereocenters. The van der Waals surface area contributed by atoms with E-state index < -0.39 is 34.2 Å². The predicted octanol–water partition coefficient (Wildman–Crippen LogP) is 4.21. The molecule has 166 valence electrons. The SMILES string of the molecule is O=C(CN(c1cccc(C(F)(F)F)c1)S(=O)(=O)c1ccccc1)N[C@@H]1C[C@H]2CC[C@H]1C2. The molecule has 2 aliphatic carbocycles. The molecule has 0 radical (unpaired) electrons. The first-order valence-corrected chi connectivity index (χ1v) is 11.6. The van der Waals surface area contributed by atoms with Gasteiger partial charge in [-0.3, -0.25) is 9.10 Å². The van der Waals surface area contributed by atoms with Crippen LogP contribution in [0.4, 0.5) is 18.9 Å². The second-order valence-electron chi connectivity index (χ2n) is 8.22. The molecule has 0 aromatic heterocycles. The molecular weight excluding hydrogens is 429 g/mol. The molecule has 2 fully saturated rings. The number of hydrogen-bond acceptors (Lipinski definition) is 3. The quantitative estimate of drug-likeness (QED) is 0.714. The molecular formula is C22H23F3N2O3S. The summed E-state index contributed by atoms with van der Waals surface area (Å²) in [5, 5.41) is 2.91. The Balaban J connectivity index is 1.64. The van der Waals surface area contributed by atoms with Gasteiger partial charge in [0, 0.05) is 6.04 Å². The molecule has 0 spiro atoms. The fourth-order valence-electron chi connectivity index (χ4n) is 4.68. The lowest BCUT2D eigenvalue weighted by molar-refractivity contribution is -0.137. The third kappa shape index (κ3) is 4.56. The van der Waals surface area contributed by atoms with Gasteiger partial charge in [-0.1, -0.05) is 30.7 Å². The first-order chi connectivity index (χ1) is 14.6. The summed E-state index contributed by atoms with van der Waals surface area (Å²) in [5.74, 6) is 0.457. The number of sulfonamides is 1. The van der Waals surface area contributed by atoms with Crippen LogP contribution in [0.5, 0.6) is 0 Å². The number of carbonyl (C=O) groups excluding carboxylic acids is 1. The number of amides is 1. The lowest BCUT2D eigenvalue weighted by Crippen LogP contribution is -2.46. The third-order valence-electron chi connectivity index (χ3n) is 6.16. The smallest absolute Gasteiger partial charge is 0.352 e. The standard InChI is InChI=1S/C22H23F3N2O3S/c23-22(24,25)17-5-4-6-18(13-17)27(31(29,30)19-7-2-1-3-8-19)14-21(28)26-20-12-15-9-10-16(20)11-15/h1-8,13,15-16,20H,9-12,14H2,(H,26,28)/t15-,16-,20+/m0/s1. The predicted molar refractivity (Wildman–Crippen MR) is 110 cm³/mol. The van der Waals surface area contributed by atoms with Crippen LogP contribution in [0.2, 0.25) is 0 Å². The number of hydrogen-bond donors (Lipinski definition) is 1. The van der Waals surface area contributed by atoms with E-state index in [2.05, 4.69) is 5.32 Å². The summed E-state index contributed by atoms with van der Waals surface area (Å²) >= 11 is 0. The van der Waals surface area contributed by atoms with E-state index >= 15 is 0 Å². The Bertz CT molecular complexity index is 1060. The minimum Gasteiger partial charge on any atom is -0.352 e. The average molecular weight is 452 g/mol. The molecule has 3 atom stereocenters. The molecule has 1 amide bonds. The molecule has 4 rings (SSSR count). The highest BCUT2D eigenvalue weighted by atomic mass is 32.2. The van der Waals surface area contributed by atoms with Crippen molar-refractivity contribution in [3.05, 3.63) is 60.2 Å². The van der Waals surface area contributed by atoms with Crippen molar-refractivity contribution in [2.24, 2.45) is 11.8 Å². The summed E-state index contributed by atoms with van der Waals surface area (Å²) in [5.41, 5.74) is -1.19. The molecule has 9 heteroatoms. The van der Waals surface area contributed by atoms with Crippen molar-refractivity contribution < 1.29 is 26.4 Å². The van der Waals surface area contributed by atoms with Gasteiger partial charge in [-0.15, -0.1) is 0 Å². The Morgan fingerprint density at radius 2 is 1.77 bits per heavy atom. The Labute approximate surface area is 179 Å². The molecule has 0 saturated heterocycles. The Morgan fingerprint density at radius 1 is 1.03 bits per heavy atom. The first kappa shape index (κ1) is 21.7. The molecule has 5 nitrogen and oxygen atoms in total. The molecule has 31 heavy (non-hydrogen) atoms. The molecule has 1 N–H and O–H groups in total. The Hall–Kier alpha value is -2.55. The van der Waals surface area contributed by atoms with Gasteiger partial charge in [-0.2, -0.15) is 13.2 Å². The zero-order chi connectivity index (χ0) is 22.2. The van der Waals surface area contributed by atoms with Gasteiger partial charge in [-0.25, -0.2) is 8.42 Å². The van der Waals surface area contributed by atoms with Crippen LogP contribution in [0.15, 0.2) is 59.5 Å². The average Bonchev–Trinajstić information content (AvgIpc) is 3.35. The van der Waals surface area contributed by atoms with Gasteiger partial charge in [0.15, 0.2) is 0 Å². The summed E-state index contributed by atoms with van der Waals surface area (Å²) in [6, 6.07) is 11.4. The minimum absolute atomic E-state index is 0.00552. The van der Waals surface area contributed by atoms with Gasteiger partial charge in [0.1, 0.15) is 6.54 Å². The van der Waals surface area contributed by atoms with Gasteiger partial charge in [-0.05, 0) is 61.4 Å². The van der Waals surface area contributed by atoms with Crippen molar-refractivity contribution in [3.63, 3.8) is 0 Å². The van der Waals surface area contributed by atoms with Crippen molar-refractivity contribution in [1.29, 1.82) is 0 Å². The van der Waals surface area contributed by atoms with E-state index in [0.717, 1.165) is 48.2 Å². The van der Waals surface area contributed by atoms with Crippen LogP contribution in [-0.2, 0) is 21.0 Å². The zero-order valence-electron chi connectivity index (χ0n) is 16.7. The third-order valence-corrected chi connectivity index (χ3v) is 7.95. The fraction of sp³-hybridized carbons (Fsp3) is 0.409. The highest BCUT2D eigenvalue weighted by Gasteiger charge is 2.40. The van der Waals surface area contributed by atoms with Crippen molar-refractivity contribution in [1.82, 2.24) is 5.32 Å². The van der Waals surface area contributed by atoms with Crippen LogP contribution in [0.25, 0.3) is 0 Å². The molecule has 2 aromatic rings. The number of benzene rings is 2. The van der Waals surface area contributed by atoms with Crippen molar-refractivity contribution in [2.45, 2.75) is 42.8 Å². The molecule has 0 aliphatic heterocycles. The summed E-state index contributed by atoms with van der Waals surface area (Å²) in [4.78, 5) is 12.7. The number of nitrogens with one attached hydrogen (secondary N) is 1. The van der Waals surface area contributed by atoms with Crippen molar-refractivity contribution in [3.8, 4) is 0 Å².